The lowest BCUT2D eigenvalue weighted by Gasteiger charge is -2.30. The minimum absolute atomic E-state index is 0.570. The Morgan fingerprint density at radius 2 is 2.22 bits per heavy atom. The molecule has 1 heterocycles. The third-order valence-corrected chi connectivity index (χ3v) is 4.96. The predicted octanol–water partition coefficient (Wildman–Crippen LogP) is 3.45. The Hall–Kier alpha value is -0.380. The highest BCUT2D eigenvalue weighted by atomic mass is 32.1. The fourth-order valence-electron chi connectivity index (χ4n) is 2.92. The molecule has 0 radical (unpaired) electrons. The monoisotopic (exact) mass is 266 g/mol. The van der Waals surface area contributed by atoms with Crippen molar-refractivity contribution in [2.24, 2.45) is 0 Å². The maximum atomic E-state index is 3.83. The highest BCUT2D eigenvalue weighted by Crippen LogP contribution is 2.33. The van der Waals surface area contributed by atoms with Crippen LogP contribution in [0.15, 0.2) is 11.4 Å². The first-order valence-corrected chi connectivity index (χ1v) is 8.17. The van der Waals surface area contributed by atoms with Crippen molar-refractivity contribution in [1.29, 1.82) is 0 Å². The van der Waals surface area contributed by atoms with Gasteiger partial charge in [0, 0.05) is 23.5 Å². The average molecular weight is 266 g/mol. The molecule has 0 saturated carbocycles. The van der Waals surface area contributed by atoms with E-state index < -0.39 is 0 Å². The SMILES string of the molecule is CCN(CC)CC(C)NC1CCCc2sccc21. The number of nitrogens with zero attached hydrogens (tertiary/aromatic N) is 1. The van der Waals surface area contributed by atoms with Crippen LogP contribution in [-0.2, 0) is 6.42 Å². The molecular formula is C15H26N2S. The van der Waals surface area contributed by atoms with Gasteiger partial charge in [-0.2, -0.15) is 0 Å². The summed E-state index contributed by atoms with van der Waals surface area (Å²) in [5.41, 5.74) is 1.57. The number of nitrogens with one attached hydrogen (secondary N) is 1. The number of rotatable bonds is 6. The minimum Gasteiger partial charge on any atom is -0.306 e. The smallest absolute Gasteiger partial charge is 0.0334 e. The molecule has 2 rings (SSSR count). The molecule has 0 fully saturated rings. The largest absolute Gasteiger partial charge is 0.306 e. The maximum absolute atomic E-state index is 3.83. The molecule has 0 bridgehead atoms. The lowest BCUT2D eigenvalue weighted by Crippen LogP contribution is -2.41. The second-order valence-electron chi connectivity index (χ2n) is 5.30. The van der Waals surface area contributed by atoms with Gasteiger partial charge in [-0.3, -0.25) is 0 Å². The van der Waals surface area contributed by atoms with Crippen molar-refractivity contribution in [3.05, 3.63) is 21.9 Å². The van der Waals surface area contributed by atoms with Gasteiger partial charge in [0.05, 0.1) is 0 Å². The molecule has 0 saturated heterocycles. The summed E-state index contributed by atoms with van der Waals surface area (Å²) in [4.78, 5) is 4.10. The van der Waals surface area contributed by atoms with E-state index in [4.69, 9.17) is 0 Å². The van der Waals surface area contributed by atoms with Crippen LogP contribution in [-0.4, -0.2) is 30.6 Å². The number of likely N-dealkylation sites (N-methyl/N-ethyl adjacent to an activating group) is 1. The molecule has 1 aliphatic rings. The predicted molar refractivity (Wildman–Crippen MR) is 80.4 cm³/mol. The highest BCUT2D eigenvalue weighted by Gasteiger charge is 2.22. The van der Waals surface area contributed by atoms with Gasteiger partial charge in [-0.1, -0.05) is 13.8 Å². The van der Waals surface area contributed by atoms with E-state index in [9.17, 15) is 0 Å². The van der Waals surface area contributed by atoms with Crippen molar-refractivity contribution in [2.45, 2.75) is 52.1 Å². The van der Waals surface area contributed by atoms with Crippen molar-refractivity contribution in [3.8, 4) is 0 Å². The van der Waals surface area contributed by atoms with Crippen LogP contribution >= 0.6 is 11.3 Å². The Labute approximate surface area is 115 Å². The van der Waals surface area contributed by atoms with Crippen molar-refractivity contribution in [3.63, 3.8) is 0 Å². The Morgan fingerprint density at radius 1 is 1.44 bits per heavy atom. The molecule has 1 N–H and O–H groups in total. The molecule has 18 heavy (non-hydrogen) atoms. The number of fused-ring (bicyclic) bond motifs is 1. The Bertz CT molecular complexity index is 357. The quantitative estimate of drug-likeness (QED) is 0.848. The molecule has 1 aromatic heterocycles. The standard InChI is InChI=1S/C15H26N2S/c1-4-17(5-2)11-12(3)16-14-7-6-8-15-13(14)9-10-18-15/h9-10,12,14,16H,4-8,11H2,1-3H3. The second-order valence-corrected chi connectivity index (χ2v) is 6.30. The van der Waals surface area contributed by atoms with Crippen molar-refractivity contribution in [2.75, 3.05) is 19.6 Å². The van der Waals surface area contributed by atoms with Crippen LogP contribution in [0.4, 0.5) is 0 Å². The van der Waals surface area contributed by atoms with E-state index in [0.717, 1.165) is 19.6 Å². The number of aryl methyl sites for hydroxylation is 1. The Kier molecular flexibility index (Phi) is 5.22. The zero-order valence-corrected chi connectivity index (χ0v) is 12.7. The van der Waals surface area contributed by atoms with Crippen molar-refractivity contribution in [1.82, 2.24) is 10.2 Å². The summed E-state index contributed by atoms with van der Waals surface area (Å²) in [6.45, 7) is 10.3. The second kappa shape index (κ2) is 6.69. The van der Waals surface area contributed by atoms with E-state index in [-0.39, 0.29) is 0 Å². The van der Waals surface area contributed by atoms with Crippen molar-refractivity contribution >= 4 is 11.3 Å². The lowest BCUT2D eigenvalue weighted by molar-refractivity contribution is 0.257. The van der Waals surface area contributed by atoms with Crippen LogP contribution < -0.4 is 5.32 Å². The molecule has 1 aromatic rings. The summed E-state index contributed by atoms with van der Waals surface area (Å²) < 4.78 is 0. The third kappa shape index (κ3) is 3.34. The fourth-order valence-corrected chi connectivity index (χ4v) is 3.91. The summed E-state index contributed by atoms with van der Waals surface area (Å²) in [7, 11) is 0. The van der Waals surface area contributed by atoms with E-state index in [1.54, 1.807) is 10.4 Å². The van der Waals surface area contributed by atoms with Gasteiger partial charge in [-0.15, -0.1) is 11.3 Å². The van der Waals surface area contributed by atoms with Crippen LogP contribution in [0, 0.1) is 0 Å². The average Bonchev–Trinajstić information content (AvgIpc) is 2.85. The van der Waals surface area contributed by atoms with E-state index in [1.807, 2.05) is 11.3 Å². The van der Waals surface area contributed by atoms with Crippen LogP contribution in [0.1, 0.15) is 50.1 Å². The molecule has 1 aliphatic carbocycles. The lowest BCUT2D eigenvalue weighted by atomic mass is 9.93. The summed E-state index contributed by atoms with van der Waals surface area (Å²) in [5.74, 6) is 0. The Morgan fingerprint density at radius 3 is 2.94 bits per heavy atom. The summed E-state index contributed by atoms with van der Waals surface area (Å²) in [6, 6.07) is 3.48. The first kappa shape index (κ1) is 14.0. The zero-order chi connectivity index (χ0) is 13.0. The molecule has 0 spiro atoms. The normalized spacial score (nSPS) is 21.0. The van der Waals surface area contributed by atoms with Gasteiger partial charge >= 0.3 is 0 Å². The molecule has 0 aromatic carbocycles. The molecule has 2 nitrogen and oxygen atoms in total. The minimum atomic E-state index is 0.570. The zero-order valence-electron chi connectivity index (χ0n) is 11.9. The third-order valence-electron chi connectivity index (χ3n) is 3.96. The van der Waals surface area contributed by atoms with Gasteiger partial charge in [0.15, 0.2) is 0 Å². The topological polar surface area (TPSA) is 15.3 Å². The number of thiophene rings is 1. The fraction of sp³-hybridized carbons (Fsp3) is 0.733. The number of hydrogen-bond donors (Lipinski definition) is 1. The van der Waals surface area contributed by atoms with Crippen LogP contribution in [0.5, 0.6) is 0 Å². The van der Waals surface area contributed by atoms with E-state index in [0.29, 0.717) is 12.1 Å². The summed E-state index contributed by atoms with van der Waals surface area (Å²) in [5, 5.41) is 6.07. The van der Waals surface area contributed by atoms with Crippen LogP contribution in [0.3, 0.4) is 0 Å². The highest BCUT2D eigenvalue weighted by molar-refractivity contribution is 7.10. The van der Waals surface area contributed by atoms with E-state index in [2.05, 4.69) is 42.4 Å². The number of hydrogen-bond acceptors (Lipinski definition) is 3. The van der Waals surface area contributed by atoms with Gasteiger partial charge in [-0.25, -0.2) is 0 Å². The summed E-state index contributed by atoms with van der Waals surface area (Å²) >= 11 is 1.93. The molecule has 0 aliphatic heterocycles. The van der Waals surface area contributed by atoms with Gasteiger partial charge in [0.25, 0.3) is 0 Å². The molecule has 2 atom stereocenters. The van der Waals surface area contributed by atoms with Crippen LogP contribution in [0.25, 0.3) is 0 Å². The van der Waals surface area contributed by atoms with Gasteiger partial charge in [0.1, 0.15) is 0 Å². The first-order chi connectivity index (χ1) is 8.74. The molecular weight excluding hydrogens is 240 g/mol. The van der Waals surface area contributed by atoms with Gasteiger partial charge in [0.2, 0.25) is 0 Å². The first-order valence-electron chi connectivity index (χ1n) is 7.29. The summed E-state index contributed by atoms with van der Waals surface area (Å²) in [6.07, 6.45) is 3.92. The molecule has 3 heteroatoms. The van der Waals surface area contributed by atoms with Crippen LogP contribution in [0.2, 0.25) is 0 Å². The molecule has 2 unspecified atom stereocenters. The van der Waals surface area contributed by atoms with E-state index in [1.165, 1.54) is 19.3 Å². The van der Waals surface area contributed by atoms with Gasteiger partial charge in [-0.05, 0) is 56.3 Å². The maximum Gasteiger partial charge on any atom is 0.0334 e. The van der Waals surface area contributed by atoms with E-state index >= 15 is 0 Å². The molecule has 0 amide bonds. The van der Waals surface area contributed by atoms with Gasteiger partial charge < -0.3 is 10.2 Å². The Balaban J connectivity index is 1.91. The molecule has 102 valence electrons. The van der Waals surface area contributed by atoms with Crippen molar-refractivity contribution < 1.29 is 0 Å².